The lowest BCUT2D eigenvalue weighted by atomic mass is 10.2. The first kappa shape index (κ1) is 19.9. The van der Waals surface area contributed by atoms with Gasteiger partial charge in [-0.2, -0.15) is 0 Å². The molecule has 3 rings (SSSR count). The second-order valence-corrected chi connectivity index (χ2v) is 7.29. The standard InChI is InChI=1S/C22H28N4O2/c1-18-8-10-19(11-9-18)23-21(27)16-24(2)17-22(28)26-14-12-25(13-15-26)20-6-4-3-5-7-20/h3-11H,12-17H2,1-2H3,(H,23,27). The first-order chi connectivity index (χ1) is 13.5. The Morgan fingerprint density at radius 3 is 2.21 bits per heavy atom. The zero-order valence-corrected chi connectivity index (χ0v) is 16.6. The van der Waals surface area contributed by atoms with Crippen LogP contribution in [0.1, 0.15) is 5.56 Å². The number of carbonyl (C=O) groups is 2. The van der Waals surface area contributed by atoms with Crippen LogP contribution in [0.2, 0.25) is 0 Å². The van der Waals surface area contributed by atoms with Crippen molar-refractivity contribution in [3.05, 3.63) is 60.2 Å². The molecule has 0 atom stereocenters. The fraction of sp³-hybridized carbons (Fsp3) is 0.364. The number of benzene rings is 2. The van der Waals surface area contributed by atoms with Crippen LogP contribution in [0, 0.1) is 6.92 Å². The van der Waals surface area contributed by atoms with Crippen molar-refractivity contribution in [1.29, 1.82) is 0 Å². The number of rotatable bonds is 6. The normalized spacial score (nSPS) is 14.2. The molecule has 1 heterocycles. The topological polar surface area (TPSA) is 55.9 Å². The molecule has 1 aliphatic rings. The number of anilines is 2. The van der Waals surface area contributed by atoms with Crippen LogP contribution in [0.5, 0.6) is 0 Å². The molecule has 6 heteroatoms. The Labute approximate surface area is 166 Å². The Morgan fingerprint density at radius 1 is 0.929 bits per heavy atom. The average molecular weight is 380 g/mol. The van der Waals surface area contributed by atoms with E-state index in [0.29, 0.717) is 13.1 Å². The smallest absolute Gasteiger partial charge is 0.238 e. The predicted octanol–water partition coefficient (Wildman–Crippen LogP) is 2.21. The summed E-state index contributed by atoms with van der Waals surface area (Å²) in [5.41, 5.74) is 3.11. The van der Waals surface area contributed by atoms with Gasteiger partial charge < -0.3 is 15.1 Å². The number of aryl methyl sites for hydroxylation is 1. The third-order valence-corrected chi connectivity index (χ3v) is 4.91. The Balaban J connectivity index is 1.41. The lowest BCUT2D eigenvalue weighted by molar-refractivity contribution is -0.132. The quantitative estimate of drug-likeness (QED) is 0.835. The van der Waals surface area contributed by atoms with Crippen LogP contribution in [-0.4, -0.2) is 67.9 Å². The maximum Gasteiger partial charge on any atom is 0.238 e. The monoisotopic (exact) mass is 380 g/mol. The molecule has 28 heavy (non-hydrogen) atoms. The Hall–Kier alpha value is -2.86. The third kappa shape index (κ3) is 5.57. The minimum atomic E-state index is -0.118. The van der Waals surface area contributed by atoms with Crippen LogP contribution in [-0.2, 0) is 9.59 Å². The molecule has 0 unspecified atom stereocenters. The summed E-state index contributed by atoms with van der Waals surface area (Å²) in [5, 5.41) is 2.86. The summed E-state index contributed by atoms with van der Waals surface area (Å²) in [6.07, 6.45) is 0. The van der Waals surface area contributed by atoms with Gasteiger partial charge >= 0.3 is 0 Å². The third-order valence-electron chi connectivity index (χ3n) is 4.91. The number of nitrogens with zero attached hydrogens (tertiary/aromatic N) is 3. The van der Waals surface area contributed by atoms with Gasteiger partial charge in [0.1, 0.15) is 0 Å². The summed E-state index contributed by atoms with van der Waals surface area (Å²) in [4.78, 5) is 30.7. The van der Waals surface area contributed by atoms with Gasteiger partial charge in [-0.05, 0) is 38.2 Å². The second-order valence-electron chi connectivity index (χ2n) is 7.29. The van der Waals surface area contributed by atoms with Crippen molar-refractivity contribution in [1.82, 2.24) is 9.80 Å². The van der Waals surface area contributed by atoms with Gasteiger partial charge in [0.25, 0.3) is 0 Å². The average Bonchev–Trinajstić information content (AvgIpc) is 2.70. The van der Waals surface area contributed by atoms with Gasteiger partial charge in [-0.15, -0.1) is 0 Å². The molecule has 2 amide bonds. The van der Waals surface area contributed by atoms with Crippen molar-refractivity contribution in [2.45, 2.75) is 6.92 Å². The van der Waals surface area contributed by atoms with E-state index in [1.807, 2.05) is 54.3 Å². The molecule has 2 aromatic carbocycles. The molecular formula is C22H28N4O2. The van der Waals surface area contributed by atoms with E-state index >= 15 is 0 Å². The van der Waals surface area contributed by atoms with E-state index in [2.05, 4.69) is 22.3 Å². The Kier molecular flexibility index (Phi) is 6.66. The first-order valence-corrected chi connectivity index (χ1v) is 9.64. The number of amides is 2. The molecule has 1 N–H and O–H groups in total. The zero-order chi connectivity index (χ0) is 19.9. The van der Waals surface area contributed by atoms with Gasteiger partial charge in [0.2, 0.25) is 11.8 Å². The van der Waals surface area contributed by atoms with Gasteiger partial charge in [0, 0.05) is 37.6 Å². The molecule has 0 bridgehead atoms. The highest BCUT2D eigenvalue weighted by atomic mass is 16.2. The molecular weight excluding hydrogens is 352 g/mol. The summed E-state index contributed by atoms with van der Waals surface area (Å²) in [6, 6.07) is 17.9. The minimum absolute atomic E-state index is 0.0679. The van der Waals surface area contributed by atoms with Gasteiger partial charge in [0.15, 0.2) is 0 Å². The van der Waals surface area contributed by atoms with Crippen molar-refractivity contribution in [2.75, 3.05) is 56.5 Å². The van der Waals surface area contributed by atoms with Gasteiger partial charge in [-0.3, -0.25) is 14.5 Å². The molecule has 2 aromatic rings. The Morgan fingerprint density at radius 2 is 1.57 bits per heavy atom. The van der Waals surface area contributed by atoms with Crippen LogP contribution in [0.3, 0.4) is 0 Å². The Bertz CT molecular complexity index is 784. The molecule has 0 aromatic heterocycles. The number of hydrogen-bond donors (Lipinski definition) is 1. The van der Waals surface area contributed by atoms with E-state index in [9.17, 15) is 9.59 Å². The highest BCUT2D eigenvalue weighted by Crippen LogP contribution is 2.15. The van der Waals surface area contributed by atoms with E-state index in [-0.39, 0.29) is 24.9 Å². The maximum absolute atomic E-state index is 12.6. The van der Waals surface area contributed by atoms with Crippen molar-refractivity contribution in [3.8, 4) is 0 Å². The van der Waals surface area contributed by atoms with Crippen molar-refractivity contribution in [2.24, 2.45) is 0 Å². The van der Waals surface area contributed by atoms with Crippen LogP contribution in [0.15, 0.2) is 54.6 Å². The number of piperazine rings is 1. The molecule has 1 aliphatic heterocycles. The van der Waals surface area contributed by atoms with Gasteiger partial charge in [-0.25, -0.2) is 0 Å². The number of para-hydroxylation sites is 1. The van der Waals surface area contributed by atoms with E-state index < -0.39 is 0 Å². The van der Waals surface area contributed by atoms with Crippen molar-refractivity contribution < 1.29 is 9.59 Å². The summed E-state index contributed by atoms with van der Waals surface area (Å²) < 4.78 is 0. The lowest BCUT2D eigenvalue weighted by Gasteiger charge is -2.36. The van der Waals surface area contributed by atoms with Gasteiger partial charge in [0.05, 0.1) is 13.1 Å². The first-order valence-electron chi connectivity index (χ1n) is 9.64. The van der Waals surface area contributed by atoms with E-state index in [0.717, 1.165) is 24.3 Å². The van der Waals surface area contributed by atoms with E-state index in [4.69, 9.17) is 0 Å². The van der Waals surface area contributed by atoms with E-state index in [1.165, 1.54) is 5.69 Å². The van der Waals surface area contributed by atoms with Gasteiger partial charge in [-0.1, -0.05) is 35.9 Å². The predicted molar refractivity (Wildman–Crippen MR) is 113 cm³/mol. The van der Waals surface area contributed by atoms with E-state index in [1.54, 1.807) is 11.9 Å². The van der Waals surface area contributed by atoms with Crippen molar-refractivity contribution in [3.63, 3.8) is 0 Å². The molecule has 1 saturated heterocycles. The maximum atomic E-state index is 12.6. The summed E-state index contributed by atoms with van der Waals surface area (Å²) in [5.74, 6) is -0.0496. The molecule has 0 radical (unpaired) electrons. The largest absolute Gasteiger partial charge is 0.368 e. The van der Waals surface area contributed by atoms with Crippen LogP contribution >= 0.6 is 0 Å². The molecule has 6 nitrogen and oxygen atoms in total. The highest BCUT2D eigenvalue weighted by molar-refractivity contribution is 5.92. The number of hydrogen-bond acceptors (Lipinski definition) is 4. The fourth-order valence-electron chi connectivity index (χ4n) is 3.32. The summed E-state index contributed by atoms with van der Waals surface area (Å²) in [7, 11) is 1.80. The van der Waals surface area contributed by atoms with Crippen LogP contribution in [0.4, 0.5) is 11.4 Å². The minimum Gasteiger partial charge on any atom is -0.368 e. The van der Waals surface area contributed by atoms with Crippen LogP contribution < -0.4 is 10.2 Å². The molecule has 1 fully saturated rings. The summed E-state index contributed by atoms with van der Waals surface area (Å²) >= 11 is 0. The SMILES string of the molecule is Cc1ccc(NC(=O)CN(C)CC(=O)N2CCN(c3ccccc3)CC2)cc1. The molecule has 148 valence electrons. The number of nitrogens with one attached hydrogen (secondary N) is 1. The molecule has 0 spiro atoms. The number of likely N-dealkylation sites (N-methyl/N-ethyl adjacent to an activating group) is 1. The second kappa shape index (κ2) is 9.37. The highest BCUT2D eigenvalue weighted by Gasteiger charge is 2.22. The lowest BCUT2D eigenvalue weighted by Crippen LogP contribution is -2.51. The zero-order valence-electron chi connectivity index (χ0n) is 16.6. The molecule has 0 saturated carbocycles. The summed E-state index contributed by atoms with van der Waals surface area (Å²) in [6.45, 7) is 5.50. The van der Waals surface area contributed by atoms with Crippen LogP contribution in [0.25, 0.3) is 0 Å². The molecule has 0 aliphatic carbocycles. The van der Waals surface area contributed by atoms with Crippen molar-refractivity contribution >= 4 is 23.2 Å². The fourth-order valence-corrected chi connectivity index (χ4v) is 3.32. The number of carbonyl (C=O) groups excluding carboxylic acids is 2.